The van der Waals surface area contributed by atoms with Gasteiger partial charge < -0.3 is 9.80 Å². The van der Waals surface area contributed by atoms with Crippen LogP contribution in [0.15, 0.2) is 0 Å². The topological polar surface area (TPSA) is 23.6 Å². The van der Waals surface area contributed by atoms with Gasteiger partial charge in [0.2, 0.25) is 5.91 Å². The van der Waals surface area contributed by atoms with Crippen LogP contribution in [-0.2, 0) is 4.79 Å². The molecule has 0 rings (SSSR count). The Morgan fingerprint density at radius 2 is 1.61 bits per heavy atom. The van der Waals surface area contributed by atoms with Crippen LogP contribution in [0.3, 0.4) is 0 Å². The molecule has 0 N–H and O–H groups in total. The zero-order valence-electron chi connectivity index (χ0n) is 13.2. The van der Waals surface area contributed by atoms with Gasteiger partial charge >= 0.3 is 0 Å². The first-order valence-corrected chi connectivity index (χ1v) is 7.21. The third-order valence-electron chi connectivity index (χ3n) is 3.35. The Balaban J connectivity index is 3.65. The molecule has 0 fully saturated rings. The molecule has 108 valence electrons. The molecule has 0 saturated carbocycles. The van der Waals surface area contributed by atoms with E-state index in [9.17, 15) is 4.79 Å². The van der Waals surface area contributed by atoms with Crippen molar-refractivity contribution in [1.29, 1.82) is 0 Å². The fourth-order valence-corrected chi connectivity index (χ4v) is 1.90. The lowest BCUT2D eigenvalue weighted by atomic mass is 10.0. The Morgan fingerprint density at radius 1 is 1.00 bits per heavy atom. The summed E-state index contributed by atoms with van der Waals surface area (Å²) in [6.07, 6.45) is 4.36. The van der Waals surface area contributed by atoms with Gasteiger partial charge in [-0.05, 0) is 51.2 Å². The van der Waals surface area contributed by atoms with E-state index in [1.165, 1.54) is 19.4 Å². The summed E-state index contributed by atoms with van der Waals surface area (Å²) in [5.74, 6) is 1.52. The Hall–Kier alpha value is -0.570. The second kappa shape index (κ2) is 9.37. The van der Waals surface area contributed by atoms with E-state index < -0.39 is 0 Å². The van der Waals surface area contributed by atoms with Gasteiger partial charge in [0, 0.05) is 20.5 Å². The van der Waals surface area contributed by atoms with Crippen LogP contribution in [-0.4, -0.2) is 49.9 Å². The fourth-order valence-electron chi connectivity index (χ4n) is 1.90. The van der Waals surface area contributed by atoms with Crippen molar-refractivity contribution in [2.75, 3.05) is 34.2 Å². The summed E-state index contributed by atoms with van der Waals surface area (Å²) >= 11 is 0. The third kappa shape index (κ3) is 9.46. The average Bonchev–Trinajstić information content (AvgIpc) is 2.25. The number of hydrogen-bond donors (Lipinski definition) is 0. The Labute approximate surface area is 114 Å². The van der Waals surface area contributed by atoms with Crippen LogP contribution in [0.2, 0.25) is 0 Å². The van der Waals surface area contributed by atoms with Crippen LogP contribution < -0.4 is 0 Å². The van der Waals surface area contributed by atoms with Crippen LogP contribution in [0, 0.1) is 11.8 Å². The van der Waals surface area contributed by atoms with Gasteiger partial charge in [0.25, 0.3) is 0 Å². The molecule has 3 heteroatoms. The van der Waals surface area contributed by atoms with E-state index in [2.05, 4.69) is 32.7 Å². The SMILES string of the molecule is CC(C)CCCN(C)CCC(C)CC(=O)N(C)C. The molecule has 1 atom stereocenters. The van der Waals surface area contributed by atoms with E-state index in [1.807, 2.05) is 14.1 Å². The summed E-state index contributed by atoms with van der Waals surface area (Å²) in [6.45, 7) is 8.99. The number of rotatable bonds is 9. The molecule has 18 heavy (non-hydrogen) atoms. The molecule has 3 nitrogen and oxygen atoms in total. The summed E-state index contributed by atoms with van der Waals surface area (Å²) in [5, 5.41) is 0. The molecule has 0 bridgehead atoms. The van der Waals surface area contributed by atoms with E-state index >= 15 is 0 Å². The molecule has 0 heterocycles. The van der Waals surface area contributed by atoms with Gasteiger partial charge in [0.1, 0.15) is 0 Å². The molecule has 1 amide bonds. The summed E-state index contributed by atoms with van der Waals surface area (Å²) in [6, 6.07) is 0. The highest BCUT2D eigenvalue weighted by Gasteiger charge is 2.11. The normalized spacial score (nSPS) is 13.1. The molecular weight excluding hydrogens is 224 g/mol. The van der Waals surface area contributed by atoms with Crippen LogP contribution >= 0.6 is 0 Å². The predicted octanol–water partition coefficient (Wildman–Crippen LogP) is 2.86. The van der Waals surface area contributed by atoms with Gasteiger partial charge in [0.05, 0.1) is 0 Å². The standard InChI is InChI=1S/C15H32N2O/c1-13(2)8-7-10-17(6)11-9-14(3)12-15(18)16(4)5/h13-14H,7-12H2,1-6H3. The van der Waals surface area contributed by atoms with Crippen molar-refractivity contribution < 1.29 is 4.79 Å². The van der Waals surface area contributed by atoms with E-state index in [-0.39, 0.29) is 5.91 Å². The maximum atomic E-state index is 11.6. The lowest BCUT2D eigenvalue weighted by molar-refractivity contribution is -0.129. The molecule has 0 spiro atoms. The smallest absolute Gasteiger partial charge is 0.222 e. The van der Waals surface area contributed by atoms with Gasteiger partial charge in [-0.1, -0.05) is 20.8 Å². The lowest BCUT2D eigenvalue weighted by Gasteiger charge is -2.20. The third-order valence-corrected chi connectivity index (χ3v) is 3.35. The average molecular weight is 256 g/mol. The predicted molar refractivity (Wildman–Crippen MR) is 78.7 cm³/mol. The van der Waals surface area contributed by atoms with Crippen molar-refractivity contribution in [3.8, 4) is 0 Å². The van der Waals surface area contributed by atoms with Gasteiger partial charge in [0.15, 0.2) is 0 Å². The van der Waals surface area contributed by atoms with Gasteiger partial charge in [-0.2, -0.15) is 0 Å². The van der Waals surface area contributed by atoms with E-state index in [0.29, 0.717) is 12.3 Å². The molecule has 0 aliphatic carbocycles. The number of nitrogens with zero attached hydrogens (tertiary/aromatic N) is 2. The molecule has 1 unspecified atom stereocenters. The van der Waals surface area contributed by atoms with Gasteiger partial charge in [-0.3, -0.25) is 4.79 Å². The fraction of sp³-hybridized carbons (Fsp3) is 0.933. The number of amides is 1. The highest BCUT2D eigenvalue weighted by molar-refractivity contribution is 5.75. The molecule has 0 radical (unpaired) electrons. The van der Waals surface area contributed by atoms with Crippen LogP contribution in [0.1, 0.15) is 46.5 Å². The van der Waals surface area contributed by atoms with Crippen LogP contribution in [0.5, 0.6) is 0 Å². The second-order valence-corrected chi connectivity index (χ2v) is 6.23. The molecule has 0 aromatic heterocycles. The lowest BCUT2D eigenvalue weighted by Crippen LogP contribution is -2.26. The summed E-state index contributed by atoms with van der Waals surface area (Å²) in [7, 11) is 5.83. The quantitative estimate of drug-likeness (QED) is 0.633. The minimum absolute atomic E-state index is 0.241. The van der Waals surface area contributed by atoms with Crippen molar-refractivity contribution in [3.63, 3.8) is 0 Å². The first-order valence-electron chi connectivity index (χ1n) is 7.21. The largest absolute Gasteiger partial charge is 0.349 e. The minimum Gasteiger partial charge on any atom is -0.349 e. The maximum Gasteiger partial charge on any atom is 0.222 e. The zero-order chi connectivity index (χ0) is 14.1. The minimum atomic E-state index is 0.241. The first kappa shape index (κ1) is 17.4. The van der Waals surface area contributed by atoms with Crippen LogP contribution in [0.4, 0.5) is 0 Å². The molecule has 0 aromatic carbocycles. The monoisotopic (exact) mass is 256 g/mol. The van der Waals surface area contributed by atoms with Crippen molar-refractivity contribution >= 4 is 5.91 Å². The zero-order valence-corrected chi connectivity index (χ0v) is 13.2. The molecule has 0 aromatic rings. The highest BCUT2D eigenvalue weighted by atomic mass is 16.2. The Bertz CT molecular complexity index is 227. The van der Waals surface area contributed by atoms with Crippen molar-refractivity contribution in [2.45, 2.75) is 46.5 Å². The molecule has 0 aliphatic heterocycles. The number of carbonyl (C=O) groups is 1. The van der Waals surface area contributed by atoms with E-state index in [0.717, 1.165) is 18.9 Å². The van der Waals surface area contributed by atoms with E-state index in [1.54, 1.807) is 4.90 Å². The summed E-state index contributed by atoms with van der Waals surface area (Å²) in [5.41, 5.74) is 0. The summed E-state index contributed by atoms with van der Waals surface area (Å²) < 4.78 is 0. The van der Waals surface area contributed by atoms with Crippen LogP contribution in [0.25, 0.3) is 0 Å². The number of hydrogen-bond acceptors (Lipinski definition) is 2. The first-order chi connectivity index (χ1) is 8.32. The Morgan fingerprint density at radius 3 is 2.11 bits per heavy atom. The Kier molecular flexibility index (Phi) is 9.08. The van der Waals surface area contributed by atoms with Crippen molar-refractivity contribution in [3.05, 3.63) is 0 Å². The maximum absolute atomic E-state index is 11.6. The molecule has 0 aliphatic rings. The molecule has 0 saturated heterocycles. The van der Waals surface area contributed by atoms with Gasteiger partial charge in [-0.15, -0.1) is 0 Å². The van der Waals surface area contributed by atoms with Crippen molar-refractivity contribution in [1.82, 2.24) is 9.80 Å². The number of carbonyl (C=O) groups excluding carboxylic acids is 1. The van der Waals surface area contributed by atoms with E-state index in [4.69, 9.17) is 0 Å². The summed E-state index contributed by atoms with van der Waals surface area (Å²) in [4.78, 5) is 15.6. The molecular formula is C15H32N2O. The highest BCUT2D eigenvalue weighted by Crippen LogP contribution is 2.10. The van der Waals surface area contributed by atoms with Gasteiger partial charge in [-0.25, -0.2) is 0 Å². The van der Waals surface area contributed by atoms with Crippen molar-refractivity contribution in [2.24, 2.45) is 11.8 Å². The second-order valence-electron chi connectivity index (χ2n) is 6.23.